The zero-order valence-corrected chi connectivity index (χ0v) is 11.3. The molecule has 1 fully saturated rings. The van der Waals surface area contributed by atoms with E-state index in [4.69, 9.17) is 4.74 Å². The summed E-state index contributed by atoms with van der Waals surface area (Å²) in [6.07, 6.45) is 5.99. The van der Waals surface area contributed by atoms with Crippen LogP contribution < -0.4 is 0 Å². The van der Waals surface area contributed by atoms with Gasteiger partial charge in [-0.25, -0.2) is 0 Å². The molecule has 1 aliphatic carbocycles. The maximum atomic E-state index is 12.5. The molecule has 18 heavy (non-hydrogen) atoms. The minimum Gasteiger partial charge on any atom is -0.370 e. The van der Waals surface area contributed by atoms with Crippen LogP contribution in [0.25, 0.3) is 0 Å². The Bertz CT molecular complexity index is 430. The van der Waals surface area contributed by atoms with Gasteiger partial charge in [0.2, 0.25) is 0 Å². The first-order chi connectivity index (χ1) is 8.55. The number of hydrogen-bond acceptors (Lipinski definition) is 4. The predicted molar refractivity (Wildman–Crippen MR) is 67.1 cm³/mol. The molecule has 0 bridgehead atoms. The van der Waals surface area contributed by atoms with Crippen molar-refractivity contribution in [1.82, 2.24) is 15.0 Å². The van der Waals surface area contributed by atoms with Gasteiger partial charge in [-0.15, -0.1) is 5.10 Å². The van der Waals surface area contributed by atoms with Gasteiger partial charge in [0, 0.05) is 20.4 Å². The fraction of sp³-hybridized carbons (Fsp3) is 0.769. The van der Waals surface area contributed by atoms with E-state index in [9.17, 15) is 4.79 Å². The number of hydrogen-bond donors (Lipinski definition) is 0. The van der Waals surface area contributed by atoms with Crippen molar-refractivity contribution in [3.8, 4) is 0 Å². The normalized spacial score (nSPS) is 28.3. The van der Waals surface area contributed by atoms with Gasteiger partial charge < -0.3 is 4.74 Å². The van der Waals surface area contributed by atoms with Crippen LogP contribution in [-0.2, 0) is 23.0 Å². The van der Waals surface area contributed by atoms with Crippen LogP contribution in [0.5, 0.6) is 0 Å². The molecule has 2 rings (SSSR count). The number of ether oxygens (including phenoxy) is 1. The highest BCUT2D eigenvalue weighted by molar-refractivity contribution is 5.89. The third kappa shape index (κ3) is 2.61. The van der Waals surface area contributed by atoms with Crippen molar-refractivity contribution in [2.75, 3.05) is 7.11 Å². The molecule has 0 radical (unpaired) electrons. The SMILES string of the molecule is COC1(C(=O)Cc2cn(C)nn2)CCCC(C)C1. The number of aryl methyl sites for hydroxylation is 1. The molecule has 1 heterocycles. The molecule has 0 amide bonds. The Morgan fingerprint density at radius 3 is 3.00 bits per heavy atom. The summed E-state index contributed by atoms with van der Waals surface area (Å²) in [5.74, 6) is 0.682. The van der Waals surface area contributed by atoms with Crippen molar-refractivity contribution in [2.24, 2.45) is 13.0 Å². The van der Waals surface area contributed by atoms with Crippen LogP contribution in [0.1, 0.15) is 38.3 Å². The number of ketones is 1. The Hall–Kier alpha value is -1.23. The van der Waals surface area contributed by atoms with Gasteiger partial charge >= 0.3 is 0 Å². The van der Waals surface area contributed by atoms with E-state index in [1.165, 1.54) is 6.42 Å². The molecular formula is C13H21N3O2. The molecule has 1 aromatic heterocycles. The van der Waals surface area contributed by atoms with E-state index >= 15 is 0 Å². The Morgan fingerprint density at radius 1 is 1.67 bits per heavy atom. The molecule has 100 valence electrons. The van der Waals surface area contributed by atoms with E-state index in [1.807, 2.05) is 0 Å². The third-order valence-corrected chi connectivity index (χ3v) is 3.85. The van der Waals surface area contributed by atoms with Gasteiger partial charge in [-0.1, -0.05) is 18.6 Å². The summed E-state index contributed by atoms with van der Waals surface area (Å²) in [5, 5.41) is 7.82. The number of rotatable bonds is 4. The number of nitrogens with zero attached hydrogens (tertiary/aromatic N) is 3. The molecule has 0 spiro atoms. The fourth-order valence-electron chi connectivity index (χ4n) is 2.86. The summed E-state index contributed by atoms with van der Waals surface area (Å²) in [7, 11) is 3.45. The molecule has 0 aromatic carbocycles. The molecule has 2 unspecified atom stereocenters. The van der Waals surface area contributed by atoms with E-state index in [-0.39, 0.29) is 5.78 Å². The van der Waals surface area contributed by atoms with Crippen molar-refractivity contribution in [3.63, 3.8) is 0 Å². The molecule has 1 saturated carbocycles. The molecular weight excluding hydrogens is 230 g/mol. The molecule has 2 atom stereocenters. The van der Waals surface area contributed by atoms with E-state index in [2.05, 4.69) is 17.2 Å². The van der Waals surface area contributed by atoms with E-state index in [1.54, 1.807) is 25.0 Å². The van der Waals surface area contributed by atoms with Gasteiger partial charge in [0.1, 0.15) is 5.60 Å². The average Bonchev–Trinajstić information content (AvgIpc) is 2.74. The van der Waals surface area contributed by atoms with Crippen LogP contribution in [0.2, 0.25) is 0 Å². The highest BCUT2D eigenvalue weighted by Gasteiger charge is 2.41. The first-order valence-electron chi connectivity index (χ1n) is 6.49. The first kappa shape index (κ1) is 13.2. The second-order valence-corrected chi connectivity index (χ2v) is 5.38. The summed E-state index contributed by atoms with van der Waals surface area (Å²) >= 11 is 0. The fourth-order valence-corrected chi connectivity index (χ4v) is 2.86. The van der Waals surface area contributed by atoms with Crippen LogP contribution in [0.3, 0.4) is 0 Å². The number of carbonyl (C=O) groups is 1. The van der Waals surface area contributed by atoms with Gasteiger partial charge in [-0.2, -0.15) is 0 Å². The molecule has 5 heteroatoms. The van der Waals surface area contributed by atoms with Gasteiger partial charge in [-0.3, -0.25) is 9.48 Å². The predicted octanol–water partition coefficient (Wildman–Crippen LogP) is 1.52. The van der Waals surface area contributed by atoms with Crippen molar-refractivity contribution in [1.29, 1.82) is 0 Å². The number of Topliss-reactive ketones (excluding diaryl/α,β-unsaturated/α-hetero) is 1. The van der Waals surface area contributed by atoms with Crippen LogP contribution in [0.15, 0.2) is 6.20 Å². The second kappa shape index (κ2) is 5.18. The minimum absolute atomic E-state index is 0.136. The van der Waals surface area contributed by atoms with Crippen LogP contribution >= 0.6 is 0 Å². The lowest BCUT2D eigenvalue weighted by atomic mass is 9.75. The molecule has 5 nitrogen and oxygen atoms in total. The monoisotopic (exact) mass is 251 g/mol. The summed E-state index contributed by atoms with van der Waals surface area (Å²) in [4.78, 5) is 12.5. The third-order valence-electron chi connectivity index (χ3n) is 3.85. The van der Waals surface area contributed by atoms with Crippen molar-refractivity contribution >= 4 is 5.78 Å². The lowest BCUT2D eigenvalue weighted by Crippen LogP contribution is -2.45. The Labute approximate surface area is 108 Å². The van der Waals surface area contributed by atoms with Gasteiger partial charge in [0.15, 0.2) is 5.78 Å². The van der Waals surface area contributed by atoms with Gasteiger partial charge in [0.25, 0.3) is 0 Å². The standard InChI is InChI=1S/C13H21N3O2/c1-10-5-4-6-13(8-10,18-3)12(17)7-11-9-16(2)15-14-11/h9-10H,4-8H2,1-3H3. The second-order valence-electron chi connectivity index (χ2n) is 5.38. The number of methoxy groups -OCH3 is 1. The highest BCUT2D eigenvalue weighted by atomic mass is 16.5. The molecule has 1 aliphatic rings. The van der Waals surface area contributed by atoms with Crippen molar-refractivity contribution in [3.05, 3.63) is 11.9 Å². The Morgan fingerprint density at radius 2 is 2.44 bits per heavy atom. The number of carbonyl (C=O) groups excluding carboxylic acids is 1. The molecule has 1 aromatic rings. The highest BCUT2D eigenvalue weighted by Crippen LogP contribution is 2.36. The Balaban J connectivity index is 2.09. The van der Waals surface area contributed by atoms with Crippen molar-refractivity contribution in [2.45, 2.75) is 44.6 Å². The smallest absolute Gasteiger partial charge is 0.170 e. The summed E-state index contributed by atoms with van der Waals surface area (Å²) in [6.45, 7) is 2.18. The minimum atomic E-state index is -0.602. The van der Waals surface area contributed by atoms with Crippen LogP contribution in [0.4, 0.5) is 0 Å². The van der Waals surface area contributed by atoms with E-state index in [0.717, 1.165) is 25.0 Å². The van der Waals surface area contributed by atoms with Gasteiger partial charge in [0.05, 0.1) is 12.1 Å². The zero-order valence-electron chi connectivity index (χ0n) is 11.3. The van der Waals surface area contributed by atoms with Gasteiger partial charge in [-0.05, 0) is 25.2 Å². The van der Waals surface area contributed by atoms with Crippen molar-refractivity contribution < 1.29 is 9.53 Å². The topological polar surface area (TPSA) is 57.0 Å². The lowest BCUT2D eigenvalue weighted by molar-refractivity contribution is -0.146. The zero-order chi connectivity index (χ0) is 13.2. The summed E-state index contributed by atoms with van der Waals surface area (Å²) in [5.41, 5.74) is 0.118. The maximum Gasteiger partial charge on any atom is 0.170 e. The summed E-state index contributed by atoms with van der Waals surface area (Å²) in [6, 6.07) is 0. The van der Waals surface area contributed by atoms with Crippen LogP contribution in [-0.4, -0.2) is 33.5 Å². The van der Waals surface area contributed by atoms with Crippen LogP contribution in [0, 0.1) is 5.92 Å². The molecule has 0 aliphatic heterocycles. The average molecular weight is 251 g/mol. The number of aromatic nitrogens is 3. The largest absolute Gasteiger partial charge is 0.370 e. The molecule has 0 saturated heterocycles. The molecule has 0 N–H and O–H groups in total. The van der Waals surface area contributed by atoms with E-state index < -0.39 is 5.60 Å². The summed E-state index contributed by atoms with van der Waals surface area (Å²) < 4.78 is 7.20. The maximum absolute atomic E-state index is 12.5. The lowest BCUT2D eigenvalue weighted by Gasteiger charge is -2.37. The quantitative estimate of drug-likeness (QED) is 0.814. The first-order valence-corrected chi connectivity index (χ1v) is 6.49. The Kier molecular flexibility index (Phi) is 3.80. The van der Waals surface area contributed by atoms with E-state index in [0.29, 0.717) is 12.3 Å².